The Morgan fingerprint density at radius 2 is 1.41 bits per heavy atom. The number of imide groups is 1. The number of carbonyl (C=O) groups is 3. The van der Waals surface area contributed by atoms with Crippen LogP contribution in [0.15, 0.2) is 104 Å². The maximum absolute atomic E-state index is 11.2. The highest BCUT2D eigenvalue weighted by Gasteiger charge is 2.24. The minimum Gasteiger partial charge on any atom is -0.466 e. The van der Waals surface area contributed by atoms with E-state index in [1.165, 1.54) is 31.4 Å². The monoisotopic (exact) mass is 455 g/mol. The highest BCUT2D eigenvalue weighted by molar-refractivity contribution is 6.28. The molecular formula is C27H25N3O4. The molecule has 7 nitrogen and oxygen atoms in total. The average molecular weight is 456 g/mol. The van der Waals surface area contributed by atoms with Crippen molar-refractivity contribution < 1.29 is 19.1 Å². The summed E-state index contributed by atoms with van der Waals surface area (Å²) in [4.78, 5) is 34.2. The van der Waals surface area contributed by atoms with E-state index in [0.717, 1.165) is 10.5 Å². The van der Waals surface area contributed by atoms with E-state index >= 15 is 0 Å². The lowest BCUT2D eigenvalue weighted by molar-refractivity contribution is -0.134. The van der Waals surface area contributed by atoms with Crippen LogP contribution in [0.1, 0.15) is 12.5 Å². The third-order valence-corrected chi connectivity index (χ3v) is 3.52. The molecule has 2 aromatic carbocycles. The predicted molar refractivity (Wildman–Crippen MR) is 132 cm³/mol. The Labute approximate surface area is 199 Å². The largest absolute Gasteiger partial charge is 0.466 e. The summed E-state index contributed by atoms with van der Waals surface area (Å²) < 4.78 is 4.45. The molecule has 0 radical (unpaired) electrons. The zero-order valence-electron chi connectivity index (χ0n) is 19.0. The molecule has 1 aliphatic heterocycles. The smallest absolute Gasteiger partial charge is 0.330 e. The van der Waals surface area contributed by atoms with Crippen LogP contribution in [0, 0.1) is 22.7 Å². The Morgan fingerprint density at radius 1 is 0.971 bits per heavy atom. The zero-order valence-corrected chi connectivity index (χ0v) is 19.0. The summed E-state index contributed by atoms with van der Waals surface area (Å²) in [7, 11) is 1.36. The number of hydrogen-bond acceptors (Lipinski definition) is 6. The molecule has 3 rings (SSSR count). The summed E-state index contributed by atoms with van der Waals surface area (Å²) in [5.41, 5.74) is 2.16. The lowest BCUT2D eigenvalue weighted by Gasteiger charge is -2.12. The normalized spacial score (nSPS) is 10.8. The first-order chi connectivity index (χ1) is 16.3. The summed E-state index contributed by atoms with van der Waals surface area (Å²) in [5, 5.41) is 15.3. The molecule has 0 fully saturated rings. The number of hydrogen-bond donors (Lipinski definition) is 0. The van der Waals surface area contributed by atoms with Crippen LogP contribution in [0.5, 0.6) is 0 Å². The van der Waals surface area contributed by atoms with Gasteiger partial charge in [-0.15, -0.1) is 0 Å². The fourth-order valence-corrected chi connectivity index (χ4v) is 2.03. The van der Waals surface area contributed by atoms with Gasteiger partial charge in [0, 0.05) is 29.9 Å². The second-order valence-electron chi connectivity index (χ2n) is 6.17. The molecule has 2 aromatic rings. The number of amides is 2. The standard InChI is InChI=1S/C10H7NO2.C10H10O2.C4H5N.C3H3N/c12-9-6-7-10(13)11(9)8-4-2-1-3-5-8;1-12-10(11)8-7-9-5-3-2-4-6-9;1-4(2)3-5;1-2-3-4/h1-7H;2-8H,1H3;1H2,2H3;2H,1H2/b;8-7+;;. The van der Waals surface area contributed by atoms with Gasteiger partial charge in [-0.1, -0.05) is 61.7 Å². The Morgan fingerprint density at radius 3 is 1.79 bits per heavy atom. The van der Waals surface area contributed by atoms with Crippen LogP contribution in [0.2, 0.25) is 0 Å². The molecular weight excluding hydrogens is 430 g/mol. The highest BCUT2D eigenvalue weighted by atomic mass is 16.5. The number of ether oxygens (including phenoxy) is 1. The first kappa shape index (κ1) is 29.0. The molecule has 1 heterocycles. The van der Waals surface area contributed by atoms with Crippen molar-refractivity contribution in [1.29, 1.82) is 10.5 Å². The van der Waals surface area contributed by atoms with Crippen molar-refractivity contribution in [2.24, 2.45) is 0 Å². The van der Waals surface area contributed by atoms with E-state index in [1.807, 2.05) is 42.5 Å². The molecule has 0 bridgehead atoms. The summed E-state index contributed by atoms with van der Waals surface area (Å²) in [6.45, 7) is 8.10. The third kappa shape index (κ3) is 12.6. The molecule has 34 heavy (non-hydrogen) atoms. The summed E-state index contributed by atoms with van der Waals surface area (Å²) in [6.07, 6.45) is 6.84. The third-order valence-electron chi connectivity index (χ3n) is 3.52. The van der Waals surface area contributed by atoms with Gasteiger partial charge in [-0.25, -0.2) is 9.69 Å². The van der Waals surface area contributed by atoms with Crippen LogP contribution in [0.25, 0.3) is 6.08 Å². The molecule has 7 heteroatoms. The van der Waals surface area contributed by atoms with E-state index in [2.05, 4.69) is 17.9 Å². The number of rotatable bonds is 3. The van der Waals surface area contributed by atoms with Gasteiger partial charge in [0.1, 0.15) is 0 Å². The van der Waals surface area contributed by atoms with Crippen molar-refractivity contribution in [3.63, 3.8) is 0 Å². The molecule has 0 unspecified atom stereocenters. The van der Waals surface area contributed by atoms with Gasteiger partial charge in [0.25, 0.3) is 11.8 Å². The van der Waals surface area contributed by atoms with E-state index in [0.29, 0.717) is 11.3 Å². The van der Waals surface area contributed by atoms with E-state index in [9.17, 15) is 14.4 Å². The van der Waals surface area contributed by atoms with Crippen molar-refractivity contribution in [3.8, 4) is 12.1 Å². The van der Waals surface area contributed by atoms with E-state index in [1.54, 1.807) is 43.3 Å². The summed E-state index contributed by atoms with van der Waals surface area (Å²) >= 11 is 0. The Kier molecular flexibility index (Phi) is 15.0. The molecule has 172 valence electrons. The molecule has 0 atom stereocenters. The van der Waals surface area contributed by atoms with Crippen molar-refractivity contribution in [2.45, 2.75) is 6.92 Å². The second-order valence-corrected chi connectivity index (χ2v) is 6.17. The number of allylic oxidation sites excluding steroid dienone is 2. The fourth-order valence-electron chi connectivity index (χ4n) is 2.03. The number of benzene rings is 2. The Hall–Kier alpha value is -5.01. The SMILES string of the molecule is C=C(C)C#N.C=CC#N.COC(=O)/C=C/c1ccccc1.O=C1C=CC(=O)N1c1ccccc1. The van der Waals surface area contributed by atoms with Crippen LogP contribution in [-0.4, -0.2) is 24.9 Å². The van der Waals surface area contributed by atoms with Gasteiger partial charge in [-0.05, 0) is 30.7 Å². The first-order valence-corrected chi connectivity index (χ1v) is 9.79. The Balaban J connectivity index is 0.000000479. The van der Waals surface area contributed by atoms with Crippen LogP contribution < -0.4 is 4.90 Å². The van der Waals surface area contributed by atoms with Gasteiger partial charge >= 0.3 is 5.97 Å². The van der Waals surface area contributed by atoms with Gasteiger partial charge in [-0.2, -0.15) is 10.5 Å². The fraction of sp³-hybridized carbons (Fsp3) is 0.0741. The quantitative estimate of drug-likeness (QED) is 0.285. The molecule has 2 amide bonds. The average Bonchev–Trinajstić information content (AvgIpc) is 3.22. The summed E-state index contributed by atoms with van der Waals surface area (Å²) in [6, 6.07) is 22.0. The topological polar surface area (TPSA) is 111 Å². The van der Waals surface area contributed by atoms with Gasteiger partial charge < -0.3 is 4.74 Å². The molecule has 1 aliphatic rings. The van der Waals surface area contributed by atoms with Crippen LogP contribution in [0.4, 0.5) is 5.69 Å². The van der Waals surface area contributed by atoms with Crippen LogP contribution in [-0.2, 0) is 19.1 Å². The molecule has 0 saturated heterocycles. The van der Waals surface area contributed by atoms with Crippen LogP contribution >= 0.6 is 0 Å². The predicted octanol–water partition coefficient (Wildman–Crippen LogP) is 4.77. The van der Waals surface area contributed by atoms with E-state index in [4.69, 9.17) is 10.5 Å². The minimum absolute atomic E-state index is 0.281. The van der Waals surface area contributed by atoms with Crippen molar-refractivity contribution in [1.82, 2.24) is 0 Å². The highest BCUT2D eigenvalue weighted by Crippen LogP contribution is 2.17. The maximum atomic E-state index is 11.2. The van der Waals surface area contributed by atoms with E-state index < -0.39 is 0 Å². The maximum Gasteiger partial charge on any atom is 0.330 e. The van der Waals surface area contributed by atoms with Gasteiger partial charge in [0.05, 0.1) is 24.9 Å². The first-order valence-electron chi connectivity index (χ1n) is 9.79. The van der Waals surface area contributed by atoms with Gasteiger partial charge in [0.2, 0.25) is 0 Å². The number of para-hydroxylation sites is 1. The van der Waals surface area contributed by atoms with E-state index in [-0.39, 0.29) is 17.8 Å². The van der Waals surface area contributed by atoms with Crippen molar-refractivity contribution in [3.05, 3.63) is 109 Å². The summed E-state index contributed by atoms with van der Waals surface area (Å²) in [5.74, 6) is -0.897. The molecule has 0 aliphatic carbocycles. The van der Waals surface area contributed by atoms with Gasteiger partial charge in [-0.3, -0.25) is 9.59 Å². The molecule has 0 spiro atoms. The van der Waals surface area contributed by atoms with Crippen molar-refractivity contribution in [2.75, 3.05) is 12.0 Å². The molecule has 0 aromatic heterocycles. The molecule has 0 saturated carbocycles. The minimum atomic E-state index is -0.334. The lowest BCUT2D eigenvalue weighted by Crippen LogP contribution is -2.29. The number of carbonyl (C=O) groups excluding carboxylic acids is 3. The number of nitrogens with zero attached hydrogens (tertiary/aromatic N) is 3. The van der Waals surface area contributed by atoms with Gasteiger partial charge in [0.15, 0.2) is 0 Å². The number of esters is 1. The lowest BCUT2D eigenvalue weighted by atomic mass is 10.2. The van der Waals surface area contributed by atoms with Crippen molar-refractivity contribution >= 4 is 29.5 Å². The zero-order chi connectivity index (χ0) is 25.8. The number of methoxy groups -OCH3 is 1. The van der Waals surface area contributed by atoms with Crippen LogP contribution in [0.3, 0.4) is 0 Å². The molecule has 0 N–H and O–H groups in total. The number of nitriles is 2. The number of anilines is 1. The second kappa shape index (κ2) is 17.6. The Bertz CT molecular complexity index is 1090.